The highest BCUT2D eigenvalue weighted by Crippen LogP contribution is 2.30. The van der Waals surface area contributed by atoms with Crippen molar-refractivity contribution < 1.29 is 28.2 Å². The van der Waals surface area contributed by atoms with Crippen molar-refractivity contribution in [3.63, 3.8) is 0 Å². The molecule has 0 heterocycles. The van der Waals surface area contributed by atoms with E-state index in [1.807, 2.05) is 0 Å². The van der Waals surface area contributed by atoms with Crippen LogP contribution < -0.4 is 5.32 Å². The summed E-state index contributed by atoms with van der Waals surface area (Å²) in [6.45, 7) is 1.33. The SMILES string of the molecule is CC(O)CNC(C)(C(=O)O)C(F)(F)F. The van der Waals surface area contributed by atoms with Crippen molar-refractivity contribution in [3.05, 3.63) is 0 Å². The number of hydrogen-bond donors (Lipinski definition) is 3. The lowest BCUT2D eigenvalue weighted by molar-refractivity contribution is -0.206. The van der Waals surface area contributed by atoms with Crippen LogP contribution in [0.5, 0.6) is 0 Å². The number of rotatable bonds is 4. The summed E-state index contributed by atoms with van der Waals surface area (Å²) in [5, 5.41) is 18.9. The van der Waals surface area contributed by atoms with Crippen LogP contribution >= 0.6 is 0 Å². The van der Waals surface area contributed by atoms with E-state index in [0.717, 1.165) is 0 Å². The zero-order valence-electron chi connectivity index (χ0n) is 7.72. The van der Waals surface area contributed by atoms with E-state index in [4.69, 9.17) is 10.2 Å². The van der Waals surface area contributed by atoms with Crippen LogP contribution in [-0.2, 0) is 4.79 Å². The average Bonchev–Trinajstić information content (AvgIpc) is 1.97. The topological polar surface area (TPSA) is 69.6 Å². The Morgan fingerprint density at radius 3 is 2.14 bits per heavy atom. The number of aliphatic hydroxyl groups excluding tert-OH is 1. The predicted molar refractivity (Wildman–Crippen MR) is 41.8 cm³/mol. The molecule has 0 saturated carbocycles. The number of nitrogens with one attached hydrogen (secondary N) is 1. The Kier molecular flexibility index (Phi) is 3.90. The molecule has 0 aliphatic rings. The van der Waals surface area contributed by atoms with Gasteiger partial charge in [-0.15, -0.1) is 0 Å². The van der Waals surface area contributed by atoms with E-state index >= 15 is 0 Å². The minimum atomic E-state index is -4.91. The second kappa shape index (κ2) is 4.14. The van der Waals surface area contributed by atoms with Gasteiger partial charge >= 0.3 is 12.1 Å². The van der Waals surface area contributed by atoms with E-state index in [9.17, 15) is 18.0 Å². The van der Waals surface area contributed by atoms with Crippen LogP contribution in [0.2, 0.25) is 0 Å². The van der Waals surface area contributed by atoms with Crippen LogP contribution in [0.4, 0.5) is 13.2 Å². The molecule has 0 rings (SSSR count). The normalized spacial score (nSPS) is 18.7. The van der Waals surface area contributed by atoms with Gasteiger partial charge in [0.1, 0.15) is 0 Å². The standard InChI is InChI=1S/C7H12F3NO3/c1-4(12)3-11-6(2,5(13)14)7(8,9)10/h4,11-12H,3H2,1-2H3,(H,13,14). The van der Waals surface area contributed by atoms with E-state index in [1.165, 1.54) is 6.92 Å². The first-order valence-electron chi connectivity index (χ1n) is 3.84. The summed E-state index contributed by atoms with van der Waals surface area (Å²) in [5.41, 5.74) is -3.02. The van der Waals surface area contributed by atoms with E-state index in [2.05, 4.69) is 0 Å². The molecule has 0 spiro atoms. The van der Waals surface area contributed by atoms with Gasteiger partial charge in [-0.1, -0.05) is 0 Å². The number of halogens is 3. The second-order valence-electron chi connectivity index (χ2n) is 3.16. The Hall–Kier alpha value is -0.820. The second-order valence-corrected chi connectivity index (χ2v) is 3.16. The highest BCUT2D eigenvalue weighted by Gasteiger charge is 2.57. The number of aliphatic carboxylic acids is 1. The molecule has 0 aromatic heterocycles. The molecular weight excluding hydrogens is 203 g/mol. The molecule has 0 radical (unpaired) electrons. The van der Waals surface area contributed by atoms with E-state index in [-0.39, 0.29) is 0 Å². The number of carboxylic acids is 1. The Labute approximate surface area is 78.7 Å². The quantitative estimate of drug-likeness (QED) is 0.633. The molecule has 2 atom stereocenters. The average molecular weight is 215 g/mol. The van der Waals surface area contributed by atoms with Crippen molar-refractivity contribution in [2.75, 3.05) is 6.54 Å². The number of carboxylic acid groups (broad SMARTS) is 1. The summed E-state index contributed by atoms with van der Waals surface area (Å²) < 4.78 is 36.8. The Balaban J connectivity index is 4.67. The maximum Gasteiger partial charge on any atom is 0.417 e. The van der Waals surface area contributed by atoms with Gasteiger partial charge in [0.2, 0.25) is 5.54 Å². The van der Waals surface area contributed by atoms with Crippen molar-refractivity contribution in [2.24, 2.45) is 0 Å². The first-order chi connectivity index (χ1) is 6.11. The predicted octanol–water partition coefficient (Wildman–Crippen LogP) is 0.362. The largest absolute Gasteiger partial charge is 0.480 e. The number of β-amino-alcohol motifs (C(OH)–C–C–N with tert-alkyl or cyclic N) is 1. The molecule has 0 aliphatic heterocycles. The fraction of sp³-hybridized carbons (Fsp3) is 0.857. The number of carbonyl (C=O) groups is 1. The zero-order valence-corrected chi connectivity index (χ0v) is 7.72. The van der Waals surface area contributed by atoms with Gasteiger partial charge in [0.25, 0.3) is 0 Å². The molecule has 84 valence electrons. The third-order valence-electron chi connectivity index (χ3n) is 1.75. The molecule has 0 aromatic carbocycles. The van der Waals surface area contributed by atoms with E-state index in [1.54, 1.807) is 5.32 Å². The molecule has 0 bridgehead atoms. The molecule has 0 fully saturated rings. The zero-order chi connectivity index (χ0) is 11.6. The number of aliphatic hydroxyl groups is 1. The summed E-state index contributed by atoms with van der Waals surface area (Å²) >= 11 is 0. The first kappa shape index (κ1) is 13.2. The van der Waals surface area contributed by atoms with Crippen molar-refractivity contribution in [1.82, 2.24) is 5.32 Å². The molecule has 0 amide bonds. The minimum Gasteiger partial charge on any atom is -0.480 e. The van der Waals surface area contributed by atoms with Crippen LogP contribution in [0.3, 0.4) is 0 Å². The molecule has 0 saturated heterocycles. The third kappa shape index (κ3) is 2.85. The van der Waals surface area contributed by atoms with Gasteiger partial charge in [0.15, 0.2) is 0 Å². The van der Waals surface area contributed by atoms with Gasteiger partial charge in [0, 0.05) is 6.54 Å². The maximum absolute atomic E-state index is 12.3. The van der Waals surface area contributed by atoms with Crippen molar-refractivity contribution >= 4 is 5.97 Å². The Morgan fingerprint density at radius 2 is 1.93 bits per heavy atom. The maximum atomic E-state index is 12.3. The van der Waals surface area contributed by atoms with Gasteiger partial charge < -0.3 is 10.2 Å². The molecule has 2 unspecified atom stereocenters. The summed E-state index contributed by atoms with van der Waals surface area (Å²) in [6.07, 6.45) is -5.95. The molecule has 7 heteroatoms. The lowest BCUT2D eigenvalue weighted by Gasteiger charge is -2.29. The van der Waals surface area contributed by atoms with E-state index < -0.39 is 30.3 Å². The van der Waals surface area contributed by atoms with Crippen molar-refractivity contribution in [2.45, 2.75) is 31.7 Å². The monoisotopic (exact) mass is 215 g/mol. The minimum absolute atomic E-state index is 0.442. The molecule has 4 nitrogen and oxygen atoms in total. The summed E-state index contributed by atoms with van der Waals surface area (Å²) in [5.74, 6) is -2.02. The van der Waals surface area contributed by atoms with Crippen molar-refractivity contribution in [1.29, 1.82) is 0 Å². The van der Waals surface area contributed by atoms with Crippen LogP contribution in [-0.4, -0.2) is 40.5 Å². The fourth-order valence-corrected chi connectivity index (χ4v) is 0.649. The van der Waals surface area contributed by atoms with Gasteiger partial charge in [-0.3, -0.25) is 5.32 Å². The lowest BCUT2D eigenvalue weighted by atomic mass is 10.0. The summed E-state index contributed by atoms with van der Waals surface area (Å²) in [4.78, 5) is 10.4. The van der Waals surface area contributed by atoms with Gasteiger partial charge in [0.05, 0.1) is 6.10 Å². The highest BCUT2D eigenvalue weighted by molar-refractivity contribution is 5.79. The van der Waals surface area contributed by atoms with E-state index in [0.29, 0.717) is 6.92 Å². The molecule has 0 aromatic rings. The summed E-state index contributed by atoms with van der Waals surface area (Å²) in [7, 11) is 0. The fourth-order valence-electron chi connectivity index (χ4n) is 0.649. The third-order valence-corrected chi connectivity index (χ3v) is 1.75. The van der Waals surface area contributed by atoms with Crippen LogP contribution in [0.1, 0.15) is 13.8 Å². The molecule has 0 aliphatic carbocycles. The van der Waals surface area contributed by atoms with Gasteiger partial charge in [-0.2, -0.15) is 13.2 Å². The molecular formula is C7H12F3NO3. The Bertz CT molecular complexity index is 217. The van der Waals surface area contributed by atoms with Crippen LogP contribution in [0.25, 0.3) is 0 Å². The highest BCUT2D eigenvalue weighted by atomic mass is 19.4. The van der Waals surface area contributed by atoms with Crippen LogP contribution in [0, 0.1) is 0 Å². The Morgan fingerprint density at radius 1 is 1.50 bits per heavy atom. The smallest absolute Gasteiger partial charge is 0.417 e. The van der Waals surface area contributed by atoms with Gasteiger partial charge in [-0.25, -0.2) is 4.79 Å². The number of alkyl halides is 3. The van der Waals surface area contributed by atoms with Crippen LogP contribution in [0.15, 0.2) is 0 Å². The lowest BCUT2D eigenvalue weighted by Crippen LogP contribution is -2.61. The first-order valence-corrected chi connectivity index (χ1v) is 3.84. The van der Waals surface area contributed by atoms with Crippen molar-refractivity contribution in [3.8, 4) is 0 Å². The van der Waals surface area contributed by atoms with Gasteiger partial charge in [-0.05, 0) is 13.8 Å². The number of hydrogen-bond acceptors (Lipinski definition) is 3. The molecule has 14 heavy (non-hydrogen) atoms. The summed E-state index contributed by atoms with van der Waals surface area (Å²) in [6, 6.07) is 0. The molecule has 3 N–H and O–H groups in total.